The van der Waals surface area contributed by atoms with E-state index < -0.39 is 10.0 Å². The molecule has 0 unspecified atom stereocenters. The number of pyridine rings is 1. The number of ether oxygens (including phenoxy) is 3. The molecular formula is C18H20N2O5S. The smallest absolute Gasteiger partial charge is 0.242 e. The molecule has 2 aromatic rings. The summed E-state index contributed by atoms with van der Waals surface area (Å²) >= 11 is 0. The SMILES string of the molecule is O=S(=O)(NC1CCC(Oc2ccc3c(c2)OCO3)CC1)c1cccnc1. The summed E-state index contributed by atoms with van der Waals surface area (Å²) in [4.78, 5) is 4.06. The van der Waals surface area contributed by atoms with Gasteiger partial charge >= 0.3 is 0 Å². The molecule has 8 heteroatoms. The molecule has 1 aliphatic carbocycles. The fraction of sp³-hybridized carbons (Fsp3) is 0.389. The van der Waals surface area contributed by atoms with Gasteiger partial charge in [-0.1, -0.05) is 0 Å². The van der Waals surface area contributed by atoms with Crippen LogP contribution in [0.1, 0.15) is 25.7 Å². The molecule has 0 atom stereocenters. The van der Waals surface area contributed by atoms with Crippen LogP contribution in [-0.4, -0.2) is 32.3 Å². The lowest BCUT2D eigenvalue weighted by molar-refractivity contribution is 0.143. The first kappa shape index (κ1) is 17.1. The van der Waals surface area contributed by atoms with Crippen LogP contribution >= 0.6 is 0 Å². The molecule has 1 fully saturated rings. The minimum Gasteiger partial charge on any atom is -0.490 e. The molecule has 0 radical (unpaired) electrons. The van der Waals surface area contributed by atoms with E-state index in [1.807, 2.05) is 18.2 Å². The zero-order valence-electron chi connectivity index (χ0n) is 14.1. The molecule has 26 heavy (non-hydrogen) atoms. The van der Waals surface area contributed by atoms with E-state index in [1.165, 1.54) is 6.20 Å². The molecule has 7 nitrogen and oxygen atoms in total. The Kier molecular flexibility index (Phi) is 4.69. The van der Waals surface area contributed by atoms with Crippen LogP contribution in [-0.2, 0) is 10.0 Å². The van der Waals surface area contributed by atoms with Crippen molar-refractivity contribution in [1.82, 2.24) is 9.71 Å². The molecule has 138 valence electrons. The highest BCUT2D eigenvalue weighted by Crippen LogP contribution is 2.36. The Bertz CT molecular complexity index is 864. The standard InChI is InChI=1S/C18H20N2O5S/c21-26(22,16-2-1-9-19-11-16)20-13-3-5-14(6-4-13)25-15-7-8-17-18(10-15)24-12-23-17/h1-2,7-11,13-14,20H,3-6,12H2. The van der Waals surface area contributed by atoms with Crippen LogP contribution in [0, 0.1) is 0 Å². The Morgan fingerprint density at radius 3 is 2.65 bits per heavy atom. The zero-order valence-corrected chi connectivity index (χ0v) is 14.9. The highest BCUT2D eigenvalue weighted by molar-refractivity contribution is 7.89. The van der Waals surface area contributed by atoms with Gasteiger partial charge in [0.25, 0.3) is 0 Å². The molecule has 1 aromatic carbocycles. The third-order valence-corrected chi connectivity index (χ3v) is 6.09. The van der Waals surface area contributed by atoms with Crippen LogP contribution in [0.25, 0.3) is 0 Å². The average molecular weight is 376 g/mol. The second-order valence-electron chi connectivity index (χ2n) is 6.42. The predicted molar refractivity (Wildman–Crippen MR) is 93.8 cm³/mol. The van der Waals surface area contributed by atoms with Gasteiger partial charge in [-0.25, -0.2) is 13.1 Å². The first-order chi connectivity index (χ1) is 12.6. The molecular weight excluding hydrogens is 356 g/mol. The molecule has 1 saturated carbocycles. The molecule has 2 aliphatic rings. The average Bonchev–Trinajstić information content (AvgIpc) is 3.12. The predicted octanol–water partition coefficient (Wildman–Crippen LogP) is 2.48. The lowest BCUT2D eigenvalue weighted by Gasteiger charge is -2.29. The van der Waals surface area contributed by atoms with Crippen LogP contribution in [0.4, 0.5) is 0 Å². The summed E-state index contributed by atoms with van der Waals surface area (Å²) in [7, 11) is -3.53. The number of aromatic nitrogens is 1. The lowest BCUT2D eigenvalue weighted by Crippen LogP contribution is -2.39. The maximum atomic E-state index is 12.4. The van der Waals surface area contributed by atoms with E-state index >= 15 is 0 Å². The van der Waals surface area contributed by atoms with E-state index in [0.29, 0.717) is 5.75 Å². The van der Waals surface area contributed by atoms with E-state index in [-0.39, 0.29) is 23.8 Å². The molecule has 1 aromatic heterocycles. The Morgan fingerprint density at radius 1 is 1.08 bits per heavy atom. The van der Waals surface area contributed by atoms with Crippen molar-refractivity contribution in [2.45, 2.75) is 42.7 Å². The van der Waals surface area contributed by atoms with Gasteiger partial charge in [0.2, 0.25) is 16.8 Å². The number of benzene rings is 1. The van der Waals surface area contributed by atoms with Crippen LogP contribution < -0.4 is 18.9 Å². The van der Waals surface area contributed by atoms with Gasteiger partial charge in [0, 0.05) is 24.5 Å². The lowest BCUT2D eigenvalue weighted by atomic mass is 9.94. The third kappa shape index (κ3) is 3.76. The molecule has 0 spiro atoms. The van der Waals surface area contributed by atoms with Crippen molar-refractivity contribution in [3.63, 3.8) is 0 Å². The number of hydrogen-bond donors (Lipinski definition) is 1. The number of hydrogen-bond acceptors (Lipinski definition) is 6. The van der Waals surface area contributed by atoms with Gasteiger partial charge in [0.15, 0.2) is 11.5 Å². The van der Waals surface area contributed by atoms with Crippen molar-refractivity contribution in [2.24, 2.45) is 0 Å². The van der Waals surface area contributed by atoms with Gasteiger partial charge < -0.3 is 14.2 Å². The largest absolute Gasteiger partial charge is 0.490 e. The van der Waals surface area contributed by atoms with E-state index in [0.717, 1.165) is 37.2 Å². The molecule has 1 N–H and O–H groups in total. The van der Waals surface area contributed by atoms with Crippen LogP contribution in [0.2, 0.25) is 0 Å². The molecule has 1 aliphatic heterocycles. The number of nitrogens with one attached hydrogen (secondary N) is 1. The first-order valence-electron chi connectivity index (χ1n) is 8.59. The quantitative estimate of drug-likeness (QED) is 0.863. The Morgan fingerprint density at radius 2 is 1.88 bits per heavy atom. The minimum atomic E-state index is -3.53. The van der Waals surface area contributed by atoms with Crippen molar-refractivity contribution in [2.75, 3.05) is 6.79 Å². The molecule has 0 amide bonds. The molecule has 4 rings (SSSR count). The summed E-state index contributed by atoms with van der Waals surface area (Å²) in [5.41, 5.74) is 0. The van der Waals surface area contributed by atoms with Crippen molar-refractivity contribution in [3.05, 3.63) is 42.7 Å². The number of nitrogens with zero attached hydrogens (tertiary/aromatic N) is 1. The van der Waals surface area contributed by atoms with Gasteiger partial charge in [-0.2, -0.15) is 0 Å². The van der Waals surface area contributed by atoms with Crippen molar-refractivity contribution >= 4 is 10.0 Å². The Hall–Kier alpha value is -2.32. The number of fused-ring (bicyclic) bond motifs is 1. The number of rotatable bonds is 5. The van der Waals surface area contributed by atoms with E-state index in [4.69, 9.17) is 14.2 Å². The van der Waals surface area contributed by atoms with Crippen LogP contribution in [0.5, 0.6) is 17.2 Å². The normalized spacial score (nSPS) is 22.2. The molecule has 0 saturated heterocycles. The van der Waals surface area contributed by atoms with Crippen molar-refractivity contribution in [1.29, 1.82) is 0 Å². The molecule has 0 bridgehead atoms. The fourth-order valence-corrected chi connectivity index (χ4v) is 4.50. The summed E-state index contributed by atoms with van der Waals surface area (Å²) in [6.45, 7) is 0.237. The maximum absolute atomic E-state index is 12.4. The van der Waals surface area contributed by atoms with Crippen LogP contribution in [0.3, 0.4) is 0 Å². The first-order valence-corrected chi connectivity index (χ1v) is 10.1. The van der Waals surface area contributed by atoms with Crippen LogP contribution in [0.15, 0.2) is 47.6 Å². The van der Waals surface area contributed by atoms with Crippen molar-refractivity contribution < 1.29 is 22.6 Å². The van der Waals surface area contributed by atoms with Gasteiger partial charge in [-0.15, -0.1) is 0 Å². The number of sulfonamides is 1. The van der Waals surface area contributed by atoms with E-state index in [9.17, 15) is 8.42 Å². The highest BCUT2D eigenvalue weighted by Gasteiger charge is 2.27. The van der Waals surface area contributed by atoms with Gasteiger partial charge in [0.1, 0.15) is 10.6 Å². The van der Waals surface area contributed by atoms with E-state index in [1.54, 1.807) is 18.3 Å². The van der Waals surface area contributed by atoms with E-state index in [2.05, 4.69) is 9.71 Å². The zero-order chi connectivity index (χ0) is 18.0. The van der Waals surface area contributed by atoms with Gasteiger partial charge in [-0.3, -0.25) is 4.98 Å². The highest BCUT2D eigenvalue weighted by atomic mass is 32.2. The van der Waals surface area contributed by atoms with Gasteiger partial charge in [0.05, 0.1) is 6.10 Å². The Labute approximate surface area is 152 Å². The third-order valence-electron chi connectivity index (χ3n) is 4.59. The summed E-state index contributed by atoms with van der Waals surface area (Å²) in [5.74, 6) is 2.17. The maximum Gasteiger partial charge on any atom is 0.242 e. The fourth-order valence-electron chi connectivity index (χ4n) is 3.23. The van der Waals surface area contributed by atoms with Gasteiger partial charge in [-0.05, 0) is 49.9 Å². The summed E-state index contributed by atoms with van der Waals surface area (Å²) in [5, 5.41) is 0. The second-order valence-corrected chi connectivity index (χ2v) is 8.13. The second kappa shape index (κ2) is 7.13. The van der Waals surface area contributed by atoms with Crippen molar-refractivity contribution in [3.8, 4) is 17.2 Å². The topological polar surface area (TPSA) is 86.8 Å². The minimum absolute atomic E-state index is 0.0644. The summed E-state index contributed by atoms with van der Waals surface area (Å²) in [6, 6.07) is 8.61. The molecule has 2 heterocycles. The summed E-state index contributed by atoms with van der Waals surface area (Å²) < 4.78 is 44.2. The summed E-state index contributed by atoms with van der Waals surface area (Å²) in [6.07, 6.45) is 6.01. The monoisotopic (exact) mass is 376 g/mol. The Balaban J connectivity index is 1.32.